The fourth-order valence-corrected chi connectivity index (χ4v) is 4.62. The Morgan fingerprint density at radius 1 is 1.00 bits per heavy atom. The minimum Gasteiger partial charge on any atom is -0.495 e. The molecule has 33 heavy (non-hydrogen) atoms. The Morgan fingerprint density at radius 2 is 1.73 bits per heavy atom. The normalized spacial score (nSPS) is 20.2. The van der Waals surface area contributed by atoms with E-state index in [-0.39, 0.29) is 24.3 Å². The quantitative estimate of drug-likeness (QED) is 0.665. The second-order valence-electron chi connectivity index (χ2n) is 8.20. The highest BCUT2D eigenvalue weighted by Gasteiger charge is 2.37. The molecule has 9 heteroatoms. The summed E-state index contributed by atoms with van der Waals surface area (Å²) in [6.07, 6.45) is 0.986. The first kappa shape index (κ1) is 23.0. The van der Waals surface area contributed by atoms with E-state index in [0.717, 1.165) is 24.4 Å². The zero-order chi connectivity index (χ0) is 23.5. The van der Waals surface area contributed by atoms with Gasteiger partial charge in [-0.05, 0) is 36.8 Å². The summed E-state index contributed by atoms with van der Waals surface area (Å²) < 4.78 is 16.1. The van der Waals surface area contributed by atoms with Crippen LogP contribution in [-0.2, 0) is 9.59 Å². The molecule has 2 aliphatic heterocycles. The number of nitrogens with one attached hydrogen (secondary N) is 1. The number of benzene rings is 2. The standard InChI is InChI=1S/C24H28ClN3O5/c1-31-20-6-4-16(25)11-19(20)27-9-8-17(14-27)26-24(30)15-10-23(29)28(13-15)18-5-7-21(32-2)22(12-18)33-3/h4-7,11-12,15,17H,8-10,13-14H2,1-3H3,(H,26,30). The minimum absolute atomic E-state index is 0.00794. The van der Waals surface area contributed by atoms with Crippen molar-refractivity contribution in [2.45, 2.75) is 18.9 Å². The zero-order valence-electron chi connectivity index (χ0n) is 19.0. The number of nitrogens with zero attached hydrogens (tertiary/aromatic N) is 2. The Balaban J connectivity index is 1.38. The Labute approximate surface area is 198 Å². The molecule has 2 amide bonds. The first-order valence-corrected chi connectivity index (χ1v) is 11.2. The minimum atomic E-state index is -0.402. The highest BCUT2D eigenvalue weighted by molar-refractivity contribution is 6.31. The fraction of sp³-hybridized carbons (Fsp3) is 0.417. The van der Waals surface area contributed by atoms with Crippen molar-refractivity contribution >= 4 is 34.8 Å². The molecule has 2 fully saturated rings. The molecule has 1 N–H and O–H groups in total. The Bertz CT molecular complexity index is 1050. The third-order valence-corrected chi connectivity index (χ3v) is 6.43. The zero-order valence-corrected chi connectivity index (χ0v) is 19.7. The molecule has 2 atom stereocenters. The lowest BCUT2D eigenvalue weighted by molar-refractivity contribution is -0.126. The average molecular weight is 474 g/mol. The molecule has 2 aliphatic rings. The summed E-state index contributed by atoms with van der Waals surface area (Å²) in [4.78, 5) is 29.4. The van der Waals surface area contributed by atoms with E-state index in [1.54, 1.807) is 50.5 Å². The van der Waals surface area contributed by atoms with E-state index in [9.17, 15) is 9.59 Å². The molecule has 0 radical (unpaired) electrons. The number of carbonyl (C=O) groups excluding carboxylic acids is 2. The highest BCUT2D eigenvalue weighted by Crippen LogP contribution is 2.35. The number of hydrogen-bond acceptors (Lipinski definition) is 6. The summed E-state index contributed by atoms with van der Waals surface area (Å²) in [5.74, 6) is 1.29. The van der Waals surface area contributed by atoms with E-state index in [1.165, 1.54) is 0 Å². The van der Waals surface area contributed by atoms with Gasteiger partial charge in [0, 0.05) is 48.9 Å². The lowest BCUT2D eigenvalue weighted by Crippen LogP contribution is -2.41. The molecule has 0 bridgehead atoms. The molecule has 0 saturated carbocycles. The van der Waals surface area contributed by atoms with Crippen molar-refractivity contribution in [3.05, 3.63) is 41.4 Å². The highest BCUT2D eigenvalue weighted by atomic mass is 35.5. The van der Waals surface area contributed by atoms with Gasteiger partial charge in [-0.15, -0.1) is 0 Å². The first-order chi connectivity index (χ1) is 15.9. The number of amides is 2. The molecule has 2 unspecified atom stereocenters. The van der Waals surface area contributed by atoms with Gasteiger partial charge in [-0.2, -0.15) is 0 Å². The van der Waals surface area contributed by atoms with Gasteiger partial charge in [0.05, 0.1) is 32.9 Å². The van der Waals surface area contributed by atoms with Crippen LogP contribution in [0.15, 0.2) is 36.4 Å². The van der Waals surface area contributed by atoms with Crippen molar-refractivity contribution in [3.8, 4) is 17.2 Å². The third-order valence-electron chi connectivity index (χ3n) is 6.19. The van der Waals surface area contributed by atoms with E-state index < -0.39 is 5.92 Å². The topological polar surface area (TPSA) is 80.3 Å². The molecule has 2 aromatic rings. The average Bonchev–Trinajstić information content (AvgIpc) is 3.45. The number of ether oxygens (including phenoxy) is 3. The van der Waals surface area contributed by atoms with Gasteiger partial charge in [0.25, 0.3) is 0 Å². The lowest BCUT2D eigenvalue weighted by Gasteiger charge is -2.22. The van der Waals surface area contributed by atoms with Crippen molar-refractivity contribution in [3.63, 3.8) is 0 Å². The molecule has 2 heterocycles. The Morgan fingerprint density at radius 3 is 2.45 bits per heavy atom. The maximum Gasteiger partial charge on any atom is 0.227 e. The van der Waals surface area contributed by atoms with Crippen LogP contribution in [0.4, 0.5) is 11.4 Å². The molecule has 176 valence electrons. The van der Waals surface area contributed by atoms with Crippen LogP contribution in [-0.4, -0.2) is 58.8 Å². The number of anilines is 2. The van der Waals surface area contributed by atoms with Gasteiger partial charge in [0.2, 0.25) is 11.8 Å². The summed E-state index contributed by atoms with van der Waals surface area (Å²) in [7, 11) is 4.74. The number of hydrogen-bond donors (Lipinski definition) is 1. The van der Waals surface area contributed by atoms with Gasteiger partial charge in [-0.3, -0.25) is 9.59 Å². The molecular weight excluding hydrogens is 446 g/mol. The monoisotopic (exact) mass is 473 g/mol. The summed E-state index contributed by atoms with van der Waals surface area (Å²) in [6.45, 7) is 1.77. The van der Waals surface area contributed by atoms with Crippen LogP contribution in [0.25, 0.3) is 0 Å². The third kappa shape index (κ3) is 4.80. The van der Waals surface area contributed by atoms with E-state index >= 15 is 0 Å². The molecule has 0 aromatic heterocycles. The molecule has 2 aromatic carbocycles. The van der Waals surface area contributed by atoms with Crippen molar-refractivity contribution in [2.75, 3.05) is 50.8 Å². The lowest BCUT2D eigenvalue weighted by atomic mass is 10.1. The second kappa shape index (κ2) is 9.79. The fourth-order valence-electron chi connectivity index (χ4n) is 4.45. The molecular formula is C24H28ClN3O5. The largest absolute Gasteiger partial charge is 0.495 e. The predicted molar refractivity (Wildman–Crippen MR) is 127 cm³/mol. The first-order valence-electron chi connectivity index (χ1n) is 10.8. The summed E-state index contributed by atoms with van der Waals surface area (Å²) in [5, 5.41) is 3.77. The van der Waals surface area contributed by atoms with Crippen molar-refractivity contribution in [1.82, 2.24) is 5.32 Å². The van der Waals surface area contributed by atoms with Crippen LogP contribution in [0.2, 0.25) is 5.02 Å². The smallest absolute Gasteiger partial charge is 0.227 e. The van der Waals surface area contributed by atoms with Gasteiger partial charge < -0.3 is 29.3 Å². The summed E-state index contributed by atoms with van der Waals surface area (Å²) in [5.41, 5.74) is 1.60. The van der Waals surface area contributed by atoms with Crippen LogP contribution in [0, 0.1) is 5.92 Å². The number of methoxy groups -OCH3 is 3. The molecule has 8 nitrogen and oxygen atoms in total. The molecule has 0 aliphatic carbocycles. The Hall–Kier alpha value is -3.13. The van der Waals surface area contributed by atoms with Crippen LogP contribution >= 0.6 is 11.6 Å². The van der Waals surface area contributed by atoms with Crippen LogP contribution < -0.4 is 29.3 Å². The maximum absolute atomic E-state index is 13.0. The number of halogens is 1. The van der Waals surface area contributed by atoms with Gasteiger partial charge in [0.15, 0.2) is 11.5 Å². The van der Waals surface area contributed by atoms with Gasteiger partial charge in [-0.25, -0.2) is 0 Å². The van der Waals surface area contributed by atoms with E-state index in [1.807, 2.05) is 12.1 Å². The van der Waals surface area contributed by atoms with Crippen LogP contribution in [0.5, 0.6) is 17.2 Å². The van der Waals surface area contributed by atoms with E-state index in [4.69, 9.17) is 25.8 Å². The van der Waals surface area contributed by atoms with Crippen LogP contribution in [0.1, 0.15) is 12.8 Å². The van der Waals surface area contributed by atoms with Crippen molar-refractivity contribution < 1.29 is 23.8 Å². The van der Waals surface area contributed by atoms with E-state index in [2.05, 4.69) is 10.2 Å². The molecule has 4 rings (SSSR count). The SMILES string of the molecule is COc1ccc(N2CC(C(=O)NC3CCN(c4cc(Cl)ccc4OC)C3)CC2=O)cc1OC. The van der Waals surface area contributed by atoms with Gasteiger partial charge in [0.1, 0.15) is 5.75 Å². The maximum atomic E-state index is 13.0. The van der Waals surface area contributed by atoms with Crippen molar-refractivity contribution in [2.24, 2.45) is 5.92 Å². The van der Waals surface area contributed by atoms with E-state index in [0.29, 0.717) is 35.3 Å². The van der Waals surface area contributed by atoms with Gasteiger partial charge in [-0.1, -0.05) is 11.6 Å². The molecule has 2 saturated heterocycles. The summed E-state index contributed by atoms with van der Waals surface area (Å²) in [6, 6.07) is 10.8. The second-order valence-corrected chi connectivity index (χ2v) is 8.64. The van der Waals surface area contributed by atoms with Gasteiger partial charge >= 0.3 is 0 Å². The summed E-state index contributed by atoms with van der Waals surface area (Å²) >= 11 is 6.17. The number of carbonyl (C=O) groups is 2. The van der Waals surface area contributed by atoms with Crippen molar-refractivity contribution in [1.29, 1.82) is 0 Å². The van der Waals surface area contributed by atoms with Crippen LogP contribution in [0.3, 0.4) is 0 Å². The predicted octanol–water partition coefficient (Wildman–Crippen LogP) is 3.11. The number of rotatable bonds is 7. The molecule has 0 spiro atoms. The Kier molecular flexibility index (Phi) is 6.83.